The van der Waals surface area contributed by atoms with Crippen molar-refractivity contribution in [2.75, 3.05) is 7.11 Å². The zero-order chi connectivity index (χ0) is 17.8. The van der Waals surface area contributed by atoms with Gasteiger partial charge in [0.05, 0.1) is 7.11 Å². The fourth-order valence-electron chi connectivity index (χ4n) is 2.42. The van der Waals surface area contributed by atoms with Crippen molar-refractivity contribution in [1.82, 2.24) is 5.32 Å². The van der Waals surface area contributed by atoms with Crippen LogP contribution in [0.15, 0.2) is 18.2 Å². The molecule has 1 aromatic carbocycles. The van der Waals surface area contributed by atoms with Crippen LogP contribution in [0.5, 0.6) is 11.5 Å². The lowest BCUT2D eigenvalue weighted by atomic mass is 10.1. The van der Waals surface area contributed by atoms with E-state index in [0.717, 1.165) is 18.4 Å². The number of unbranched alkanes of at least 4 members (excludes halogenated alkanes) is 5. The fraction of sp³-hybridized carbons (Fsp3) is 0.579. The molecule has 0 saturated heterocycles. The standard InChI is InChI=1S/C19H29NO4/c1-4-5-6-7-8-9-10-19(22)20-14-16-11-12-17(24-15(2)21)18(13-16)23-3/h11-13H,4-10,14H2,1-3H3,(H,20,22). The Morgan fingerprint density at radius 3 is 2.42 bits per heavy atom. The van der Waals surface area contributed by atoms with Gasteiger partial charge in [-0.1, -0.05) is 45.1 Å². The van der Waals surface area contributed by atoms with Gasteiger partial charge in [0.1, 0.15) is 0 Å². The highest BCUT2D eigenvalue weighted by Gasteiger charge is 2.09. The Hall–Kier alpha value is -2.04. The number of esters is 1. The number of carbonyl (C=O) groups excluding carboxylic acids is 2. The second-order valence-electron chi connectivity index (χ2n) is 5.87. The molecule has 0 aliphatic rings. The maximum Gasteiger partial charge on any atom is 0.308 e. The van der Waals surface area contributed by atoms with Gasteiger partial charge in [0.25, 0.3) is 0 Å². The Morgan fingerprint density at radius 2 is 1.75 bits per heavy atom. The maximum absolute atomic E-state index is 11.9. The van der Waals surface area contributed by atoms with Crippen LogP contribution in [0.1, 0.15) is 64.4 Å². The van der Waals surface area contributed by atoms with Crippen molar-refractivity contribution in [2.24, 2.45) is 0 Å². The lowest BCUT2D eigenvalue weighted by molar-refractivity contribution is -0.132. The molecule has 1 amide bonds. The Bertz CT molecular complexity index is 528. The molecule has 0 aliphatic carbocycles. The van der Waals surface area contributed by atoms with Crippen LogP contribution >= 0.6 is 0 Å². The largest absolute Gasteiger partial charge is 0.493 e. The third-order valence-electron chi connectivity index (χ3n) is 3.73. The normalized spacial score (nSPS) is 10.3. The first kappa shape index (κ1) is 20.0. The topological polar surface area (TPSA) is 64.6 Å². The van der Waals surface area contributed by atoms with Crippen LogP contribution in [-0.4, -0.2) is 19.0 Å². The summed E-state index contributed by atoms with van der Waals surface area (Å²) in [5.41, 5.74) is 0.902. The quantitative estimate of drug-likeness (QED) is 0.377. The van der Waals surface area contributed by atoms with Gasteiger partial charge in [-0.2, -0.15) is 0 Å². The van der Waals surface area contributed by atoms with Crippen LogP contribution < -0.4 is 14.8 Å². The zero-order valence-corrected chi connectivity index (χ0v) is 15.0. The number of amides is 1. The van der Waals surface area contributed by atoms with Gasteiger partial charge in [-0.15, -0.1) is 0 Å². The zero-order valence-electron chi connectivity index (χ0n) is 15.0. The van der Waals surface area contributed by atoms with Gasteiger partial charge in [0.2, 0.25) is 5.91 Å². The first-order valence-corrected chi connectivity index (χ1v) is 8.68. The molecule has 0 radical (unpaired) electrons. The van der Waals surface area contributed by atoms with Crippen LogP contribution in [0.3, 0.4) is 0 Å². The minimum Gasteiger partial charge on any atom is -0.493 e. The Kier molecular flexibility index (Phi) is 9.58. The summed E-state index contributed by atoms with van der Waals surface area (Å²) >= 11 is 0. The van der Waals surface area contributed by atoms with Gasteiger partial charge in [-0.05, 0) is 24.1 Å². The molecular formula is C19H29NO4. The van der Waals surface area contributed by atoms with Crippen molar-refractivity contribution >= 4 is 11.9 Å². The molecule has 1 N–H and O–H groups in total. The number of rotatable bonds is 11. The molecule has 0 aromatic heterocycles. The minimum atomic E-state index is -0.395. The molecule has 134 valence electrons. The summed E-state index contributed by atoms with van der Waals surface area (Å²) in [6, 6.07) is 5.25. The Morgan fingerprint density at radius 1 is 1.04 bits per heavy atom. The summed E-state index contributed by atoms with van der Waals surface area (Å²) in [5.74, 6) is 0.529. The van der Waals surface area contributed by atoms with Gasteiger partial charge < -0.3 is 14.8 Å². The summed E-state index contributed by atoms with van der Waals surface area (Å²) in [5, 5.41) is 2.91. The molecule has 0 fully saturated rings. The average Bonchev–Trinajstić information content (AvgIpc) is 2.56. The van der Waals surface area contributed by atoms with Crippen molar-refractivity contribution in [3.05, 3.63) is 23.8 Å². The predicted octanol–water partition coefficient (Wildman–Crippen LogP) is 3.99. The van der Waals surface area contributed by atoms with E-state index in [2.05, 4.69) is 12.2 Å². The van der Waals surface area contributed by atoms with Crippen molar-refractivity contribution in [3.63, 3.8) is 0 Å². The van der Waals surface area contributed by atoms with Crippen molar-refractivity contribution in [2.45, 2.75) is 65.3 Å². The molecule has 0 heterocycles. The highest BCUT2D eigenvalue weighted by atomic mass is 16.6. The molecule has 5 heteroatoms. The number of ether oxygens (including phenoxy) is 2. The third-order valence-corrected chi connectivity index (χ3v) is 3.73. The molecule has 5 nitrogen and oxygen atoms in total. The van der Waals surface area contributed by atoms with Crippen LogP contribution in [0.2, 0.25) is 0 Å². The van der Waals surface area contributed by atoms with Crippen LogP contribution in [0.4, 0.5) is 0 Å². The molecule has 0 unspecified atom stereocenters. The molecular weight excluding hydrogens is 306 g/mol. The number of nitrogens with one attached hydrogen (secondary N) is 1. The monoisotopic (exact) mass is 335 g/mol. The second-order valence-corrected chi connectivity index (χ2v) is 5.87. The molecule has 0 saturated carbocycles. The lowest BCUT2D eigenvalue weighted by Crippen LogP contribution is -2.22. The van der Waals surface area contributed by atoms with E-state index in [1.807, 2.05) is 6.07 Å². The van der Waals surface area contributed by atoms with Gasteiger partial charge in [0, 0.05) is 19.9 Å². The number of methoxy groups -OCH3 is 1. The number of hydrogen-bond acceptors (Lipinski definition) is 4. The Labute approximate surface area is 144 Å². The fourth-order valence-corrected chi connectivity index (χ4v) is 2.42. The van der Waals surface area contributed by atoms with Gasteiger partial charge >= 0.3 is 5.97 Å². The highest BCUT2D eigenvalue weighted by molar-refractivity contribution is 5.75. The summed E-state index contributed by atoms with van der Waals surface area (Å²) < 4.78 is 10.3. The van der Waals surface area contributed by atoms with E-state index in [4.69, 9.17) is 9.47 Å². The average molecular weight is 335 g/mol. The molecule has 1 rings (SSSR count). The summed E-state index contributed by atoms with van der Waals surface area (Å²) in [6.45, 7) is 3.97. The van der Waals surface area contributed by atoms with E-state index in [-0.39, 0.29) is 5.91 Å². The van der Waals surface area contributed by atoms with Gasteiger partial charge in [-0.3, -0.25) is 9.59 Å². The summed E-state index contributed by atoms with van der Waals surface area (Å²) in [7, 11) is 1.52. The van der Waals surface area contributed by atoms with Crippen LogP contribution in [-0.2, 0) is 16.1 Å². The molecule has 24 heavy (non-hydrogen) atoms. The molecule has 0 spiro atoms. The van der Waals surface area contributed by atoms with Crippen molar-refractivity contribution in [3.8, 4) is 11.5 Å². The van der Waals surface area contributed by atoms with E-state index in [0.29, 0.717) is 24.5 Å². The molecule has 1 aromatic rings. The summed E-state index contributed by atoms with van der Waals surface area (Å²) in [6.07, 6.45) is 7.58. The van der Waals surface area contributed by atoms with Crippen LogP contribution in [0, 0.1) is 0 Å². The minimum absolute atomic E-state index is 0.0634. The van der Waals surface area contributed by atoms with E-state index >= 15 is 0 Å². The number of carbonyl (C=O) groups is 2. The lowest BCUT2D eigenvalue weighted by Gasteiger charge is -2.11. The van der Waals surface area contributed by atoms with E-state index in [1.54, 1.807) is 12.1 Å². The highest BCUT2D eigenvalue weighted by Crippen LogP contribution is 2.28. The SMILES string of the molecule is CCCCCCCCC(=O)NCc1ccc(OC(C)=O)c(OC)c1. The van der Waals surface area contributed by atoms with Gasteiger partial charge in [0.15, 0.2) is 11.5 Å². The van der Waals surface area contributed by atoms with Crippen molar-refractivity contribution in [1.29, 1.82) is 0 Å². The first-order chi connectivity index (χ1) is 11.6. The molecule has 0 atom stereocenters. The second kappa shape index (κ2) is 11.5. The van der Waals surface area contributed by atoms with E-state index in [1.165, 1.54) is 39.7 Å². The first-order valence-electron chi connectivity index (χ1n) is 8.68. The van der Waals surface area contributed by atoms with Gasteiger partial charge in [-0.25, -0.2) is 0 Å². The predicted molar refractivity (Wildman–Crippen MR) is 94.1 cm³/mol. The Balaban J connectivity index is 2.35. The maximum atomic E-state index is 11.9. The number of benzene rings is 1. The van der Waals surface area contributed by atoms with Crippen LogP contribution in [0.25, 0.3) is 0 Å². The molecule has 0 bridgehead atoms. The van der Waals surface area contributed by atoms with E-state index < -0.39 is 5.97 Å². The smallest absolute Gasteiger partial charge is 0.308 e. The summed E-state index contributed by atoms with van der Waals surface area (Å²) in [4.78, 5) is 22.9. The number of hydrogen-bond donors (Lipinski definition) is 1. The third kappa shape index (κ3) is 7.99. The molecule has 0 aliphatic heterocycles. The van der Waals surface area contributed by atoms with E-state index in [9.17, 15) is 9.59 Å². The van der Waals surface area contributed by atoms with Crippen molar-refractivity contribution < 1.29 is 19.1 Å².